The van der Waals surface area contributed by atoms with Crippen LogP contribution in [0.4, 0.5) is 15.8 Å². The van der Waals surface area contributed by atoms with Crippen LogP contribution in [0.5, 0.6) is 0 Å². The molecule has 0 aliphatic carbocycles. The molecule has 53 heavy (non-hydrogen) atoms. The zero-order valence-electron chi connectivity index (χ0n) is 29.9. The molecule has 0 bridgehead atoms. The Bertz CT molecular complexity index is 1940. The number of rotatable bonds is 13. The lowest BCUT2D eigenvalue weighted by atomic mass is 9.91. The fourth-order valence-electron chi connectivity index (χ4n) is 7.17. The lowest BCUT2D eigenvalue weighted by molar-refractivity contribution is -0.137. The number of carbonyl (C=O) groups is 4. The van der Waals surface area contributed by atoms with Gasteiger partial charge in [-0.2, -0.15) is 0 Å². The largest absolute Gasteiger partial charge is 0.481 e. The molecule has 3 N–H and O–H groups in total. The van der Waals surface area contributed by atoms with Gasteiger partial charge >= 0.3 is 5.97 Å². The van der Waals surface area contributed by atoms with E-state index in [2.05, 4.69) is 20.5 Å². The van der Waals surface area contributed by atoms with Gasteiger partial charge in [-0.05, 0) is 111 Å². The van der Waals surface area contributed by atoms with Crippen LogP contribution in [-0.4, -0.2) is 64.9 Å². The number of benzene rings is 3. The van der Waals surface area contributed by atoms with E-state index in [1.165, 1.54) is 6.42 Å². The van der Waals surface area contributed by atoms with Crippen molar-refractivity contribution in [3.63, 3.8) is 0 Å². The van der Waals surface area contributed by atoms with Crippen LogP contribution in [0.1, 0.15) is 93.6 Å². The Balaban J connectivity index is 1.18. The number of aromatic nitrogens is 1. The van der Waals surface area contributed by atoms with Gasteiger partial charge in [-0.3, -0.25) is 24.2 Å². The number of piperidine rings is 2. The molecule has 10 nitrogen and oxygen atoms in total. The van der Waals surface area contributed by atoms with Crippen LogP contribution < -0.4 is 15.5 Å². The number of nitrogens with one attached hydrogen (secondary N) is 2. The van der Waals surface area contributed by atoms with Gasteiger partial charge in [0.05, 0.1) is 11.4 Å². The molecule has 2 aliphatic heterocycles. The average molecular weight is 720 g/mol. The van der Waals surface area contributed by atoms with Crippen LogP contribution in [0.2, 0.25) is 0 Å². The second kappa shape index (κ2) is 17.8. The Hall–Kier alpha value is -5.58. The van der Waals surface area contributed by atoms with Crippen molar-refractivity contribution in [2.75, 3.05) is 36.4 Å². The zero-order chi connectivity index (χ0) is 37.2. The summed E-state index contributed by atoms with van der Waals surface area (Å²) in [6.07, 6.45) is 8.24. The van der Waals surface area contributed by atoms with Crippen molar-refractivity contribution in [2.45, 2.75) is 64.6 Å². The van der Waals surface area contributed by atoms with Crippen LogP contribution >= 0.6 is 0 Å². The van der Waals surface area contributed by atoms with E-state index in [-0.39, 0.29) is 30.7 Å². The maximum absolute atomic E-state index is 13.8. The number of halogens is 1. The van der Waals surface area contributed by atoms with E-state index in [0.717, 1.165) is 56.4 Å². The predicted octanol–water partition coefficient (Wildman–Crippen LogP) is 7.50. The van der Waals surface area contributed by atoms with Gasteiger partial charge in [-0.15, -0.1) is 0 Å². The van der Waals surface area contributed by atoms with Gasteiger partial charge < -0.3 is 25.5 Å². The van der Waals surface area contributed by atoms with Crippen LogP contribution in [-0.2, 0) is 18.0 Å². The Morgan fingerprint density at radius 2 is 1.53 bits per heavy atom. The number of pyridine rings is 1. The third-order valence-electron chi connectivity index (χ3n) is 10.1. The number of hydrogen-bond acceptors (Lipinski definition) is 6. The molecule has 2 fully saturated rings. The number of hydrogen-bond donors (Lipinski definition) is 3. The van der Waals surface area contributed by atoms with E-state index >= 15 is 0 Å². The first kappa shape index (κ1) is 37.2. The third-order valence-corrected chi connectivity index (χ3v) is 10.1. The van der Waals surface area contributed by atoms with Crippen LogP contribution in [0, 0.1) is 5.92 Å². The number of anilines is 2. The Kier molecular flexibility index (Phi) is 12.5. The fourth-order valence-corrected chi connectivity index (χ4v) is 7.17. The number of alkyl halides is 1. The zero-order valence-corrected chi connectivity index (χ0v) is 29.9. The van der Waals surface area contributed by atoms with Crippen molar-refractivity contribution in [3.8, 4) is 11.3 Å². The normalized spacial score (nSPS) is 14.8. The molecule has 0 unspecified atom stereocenters. The van der Waals surface area contributed by atoms with E-state index < -0.39 is 12.6 Å². The van der Waals surface area contributed by atoms with Gasteiger partial charge in [-0.1, -0.05) is 30.3 Å². The number of carbonyl (C=O) groups excluding carboxylic acids is 3. The molecule has 2 saturated heterocycles. The number of nitrogens with zero attached hydrogens (tertiary/aromatic N) is 3. The molecule has 3 heterocycles. The molecule has 0 radical (unpaired) electrons. The molecular weight excluding hydrogens is 673 g/mol. The molecule has 3 amide bonds. The minimum absolute atomic E-state index is 0.135. The predicted molar refractivity (Wildman–Crippen MR) is 203 cm³/mol. The van der Waals surface area contributed by atoms with Crippen LogP contribution in [0.15, 0.2) is 85.1 Å². The highest BCUT2D eigenvalue weighted by molar-refractivity contribution is 6.08. The van der Waals surface area contributed by atoms with Gasteiger partial charge in [0.25, 0.3) is 17.7 Å². The molecule has 0 saturated carbocycles. The minimum Gasteiger partial charge on any atom is -0.481 e. The van der Waals surface area contributed by atoms with Gasteiger partial charge in [0, 0.05) is 73.3 Å². The maximum Gasteiger partial charge on any atom is 0.303 e. The van der Waals surface area contributed by atoms with Gasteiger partial charge in [0.1, 0.15) is 6.67 Å². The number of aliphatic carboxylic acids is 1. The molecule has 6 rings (SSSR count). The van der Waals surface area contributed by atoms with Gasteiger partial charge in [-0.25, -0.2) is 4.39 Å². The second-order valence-electron chi connectivity index (χ2n) is 13.9. The van der Waals surface area contributed by atoms with E-state index in [0.29, 0.717) is 64.6 Å². The molecule has 276 valence electrons. The average Bonchev–Trinajstić information content (AvgIpc) is 3.20. The van der Waals surface area contributed by atoms with Crippen molar-refractivity contribution in [1.29, 1.82) is 0 Å². The number of amides is 3. The summed E-state index contributed by atoms with van der Waals surface area (Å²) >= 11 is 0. The molecule has 11 heteroatoms. The minimum atomic E-state index is -0.784. The van der Waals surface area contributed by atoms with Crippen molar-refractivity contribution >= 4 is 35.1 Å². The SMILES string of the molecule is O=C(O)CCCC1CCN(C(=O)c2cccc(C(=O)Nc3ccc(N4CCCCC4)cc3-c3cc(C(=O)NCc4cccc(CF)c4)ccn3)c2)CC1. The first-order valence-corrected chi connectivity index (χ1v) is 18.5. The highest BCUT2D eigenvalue weighted by atomic mass is 19.1. The monoisotopic (exact) mass is 719 g/mol. The van der Waals surface area contributed by atoms with Crippen molar-refractivity contribution in [2.24, 2.45) is 5.92 Å². The van der Waals surface area contributed by atoms with E-state index in [1.54, 1.807) is 65.7 Å². The lowest BCUT2D eigenvalue weighted by Crippen LogP contribution is -2.38. The summed E-state index contributed by atoms with van der Waals surface area (Å²) in [4.78, 5) is 60.1. The quantitative estimate of drug-likeness (QED) is 0.130. The number of carboxylic acid groups (broad SMARTS) is 1. The molecular formula is C42H46FN5O5. The summed E-state index contributed by atoms with van der Waals surface area (Å²) in [6, 6.07) is 22.9. The third kappa shape index (κ3) is 9.85. The van der Waals surface area contributed by atoms with Crippen molar-refractivity contribution < 1.29 is 28.7 Å². The molecule has 0 spiro atoms. The Morgan fingerprint density at radius 3 is 2.30 bits per heavy atom. The fraction of sp³-hybridized carbons (Fsp3) is 0.357. The maximum atomic E-state index is 13.8. The first-order valence-electron chi connectivity index (χ1n) is 18.5. The highest BCUT2D eigenvalue weighted by Crippen LogP contribution is 2.33. The Morgan fingerprint density at radius 1 is 0.792 bits per heavy atom. The lowest BCUT2D eigenvalue weighted by Gasteiger charge is -2.32. The van der Waals surface area contributed by atoms with Gasteiger partial charge in [0.15, 0.2) is 0 Å². The summed E-state index contributed by atoms with van der Waals surface area (Å²) in [6.45, 7) is 2.70. The summed E-state index contributed by atoms with van der Waals surface area (Å²) in [5.41, 5.74) is 5.20. The standard InChI is InChI=1S/C42H46FN5O5/c43-27-30-8-4-9-31(23-30)28-45-40(51)33-15-18-44-38(25-33)36-26-35(47-19-2-1-3-20-47)13-14-37(36)46-41(52)32-10-6-11-34(24-32)42(53)48-21-16-29(17-22-48)7-5-12-39(49)50/h4,6,8-11,13-15,18,23-26,29H,1-3,5,7,12,16-17,19-22,27-28H2,(H,45,51)(H,46,52)(H,49,50). The molecule has 4 aromatic rings. The second-order valence-corrected chi connectivity index (χ2v) is 13.9. The molecule has 3 aromatic carbocycles. The summed E-state index contributed by atoms with van der Waals surface area (Å²) in [5.74, 6) is -1.20. The number of likely N-dealkylation sites (tertiary alicyclic amines) is 1. The molecule has 0 atom stereocenters. The highest BCUT2D eigenvalue weighted by Gasteiger charge is 2.25. The summed E-state index contributed by atoms with van der Waals surface area (Å²) in [7, 11) is 0. The summed E-state index contributed by atoms with van der Waals surface area (Å²) in [5, 5.41) is 14.9. The Labute approximate surface area is 309 Å². The van der Waals surface area contributed by atoms with Crippen molar-refractivity contribution in [3.05, 3.63) is 113 Å². The smallest absolute Gasteiger partial charge is 0.303 e. The first-order chi connectivity index (χ1) is 25.8. The molecule has 2 aliphatic rings. The molecule has 1 aromatic heterocycles. The van der Waals surface area contributed by atoms with Gasteiger partial charge in [0.2, 0.25) is 0 Å². The van der Waals surface area contributed by atoms with Crippen molar-refractivity contribution in [1.82, 2.24) is 15.2 Å². The summed E-state index contributed by atoms with van der Waals surface area (Å²) < 4.78 is 13.2. The van der Waals surface area contributed by atoms with E-state index in [4.69, 9.17) is 5.11 Å². The van der Waals surface area contributed by atoms with E-state index in [9.17, 15) is 23.6 Å². The van der Waals surface area contributed by atoms with Crippen LogP contribution in [0.25, 0.3) is 11.3 Å². The van der Waals surface area contributed by atoms with Crippen LogP contribution in [0.3, 0.4) is 0 Å². The number of carboxylic acids is 1. The van der Waals surface area contributed by atoms with E-state index in [1.807, 2.05) is 24.3 Å². The topological polar surface area (TPSA) is 132 Å².